The van der Waals surface area contributed by atoms with Gasteiger partial charge in [-0.15, -0.1) is 0 Å². The Balaban J connectivity index is 1.90. The Morgan fingerprint density at radius 1 is 1.50 bits per heavy atom. The lowest BCUT2D eigenvalue weighted by Crippen LogP contribution is -2.38. The molecule has 2 N–H and O–H groups in total. The van der Waals surface area contributed by atoms with E-state index in [0.717, 1.165) is 23.0 Å². The number of amides is 1. The number of rotatable bonds is 4. The molecule has 1 unspecified atom stereocenters. The zero-order chi connectivity index (χ0) is 11.5. The molecule has 0 aliphatic heterocycles. The van der Waals surface area contributed by atoms with Gasteiger partial charge in [0.25, 0.3) is 0 Å². The summed E-state index contributed by atoms with van der Waals surface area (Å²) in [7, 11) is 0. The second-order valence-electron chi connectivity index (χ2n) is 4.16. The monoisotopic (exact) mass is 282 g/mol. The summed E-state index contributed by atoms with van der Waals surface area (Å²) < 4.78 is 1.01. The number of halogens is 1. The van der Waals surface area contributed by atoms with E-state index in [2.05, 4.69) is 26.6 Å². The van der Waals surface area contributed by atoms with Crippen LogP contribution in [0.5, 0.6) is 0 Å². The van der Waals surface area contributed by atoms with Crippen molar-refractivity contribution in [2.45, 2.75) is 31.8 Å². The molecule has 86 valence electrons. The molecule has 0 radical (unpaired) electrons. The van der Waals surface area contributed by atoms with E-state index in [0.29, 0.717) is 6.04 Å². The Labute approximate surface area is 104 Å². The van der Waals surface area contributed by atoms with Crippen LogP contribution in [0.15, 0.2) is 28.7 Å². The van der Waals surface area contributed by atoms with E-state index in [1.54, 1.807) is 0 Å². The largest absolute Gasteiger partial charge is 0.374 e. The van der Waals surface area contributed by atoms with Crippen LogP contribution in [0, 0.1) is 0 Å². The third-order valence-electron chi connectivity index (χ3n) is 2.52. The molecule has 1 saturated carbocycles. The molecule has 16 heavy (non-hydrogen) atoms. The van der Waals surface area contributed by atoms with Crippen molar-refractivity contribution in [1.82, 2.24) is 5.32 Å². The average Bonchev–Trinajstić information content (AvgIpc) is 3.01. The molecule has 2 rings (SSSR count). The van der Waals surface area contributed by atoms with Gasteiger partial charge in [0.05, 0.1) is 0 Å². The Morgan fingerprint density at radius 3 is 2.88 bits per heavy atom. The van der Waals surface area contributed by atoms with E-state index >= 15 is 0 Å². The van der Waals surface area contributed by atoms with E-state index in [-0.39, 0.29) is 11.9 Å². The number of anilines is 1. The number of benzene rings is 1. The van der Waals surface area contributed by atoms with Crippen molar-refractivity contribution in [1.29, 1.82) is 0 Å². The number of carbonyl (C=O) groups excluding carboxylic acids is 1. The van der Waals surface area contributed by atoms with Crippen LogP contribution in [0.2, 0.25) is 0 Å². The van der Waals surface area contributed by atoms with E-state index in [9.17, 15) is 4.79 Å². The highest BCUT2D eigenvalue weighted by atomic mass is 79.9. The summed E-state index contributed by atoms with van der Waals surface area (Å²) >= 11 is 3.40. The van der Waals surface area contributed by atoms with Crippen LogP contribution >= 0.6 is 15.9 Å². The first kappa shape index (κ1) is 11.5. The fourth-order valence-corrected chi connectivity index (χ4v) is 1.85. The van der Waals surface area contributed by atoms with Crippen LogP contribution in [0.1, 0.15) is 19.8 Å². The number of hydrogen-bond donors (Lipinski definition) is 2. The van der Waals surface area contributed by atoms with Gasteiger partial charge in [-0.1, -0.05) is 22.0 Å². The van der Waals surface area contributed by atoms with E-state index < -0.39 is 0 Å². The molecule has 0 heterocycles. The lowest BCUT2D eigenvalue weighted by molar-refractivity contribution is -0.121. The Morgan fingerprint density at radius 2 is 2.25 bits per heavy atom. The lowest BCUT2D eigenvalue weighted by atomic mass is 10.2. The average molecular weight is 283 g/mol. The van der Waals surface area contributed by atoms with E-state index in [4.69, 9.17) is 0 Å². The summed E-state index contributed by atoms with van der Waals surface area (Å²) in [5, 5.41) is 6.15. The molecule has 1 amide bonds. The fraction of sp³-hybridized carbons (Fsp3) is 0.417. The minimum atomic E-state index is -0.199. The van der Waals surface area contributed by atoms with Crippen LogP contribution in [-0.4, -0.2) is 18.0 Å². The molecular weight excluding hydrogens is 268 g/mol. The van der Waals surface area contributed by atoms with E-state index in [1.807, 2.05) is 31.2 Å². The van der Waals surface area contributed by atoms with Crippen LogP contribution in [0.3, 0.4) is 0 Å². The Kier molecular flexibility index (Phi) is 3.49. The summed E-state index contributed by atoms with van der Waals surface area (Å²) in [4.78, 5) is 11.7. The van der Waals surface area contributed by atoms with E-state index in [1.165, 1.54) is 0 Å². The fourth-order valence-electron chi connectivity index (χ4n) is 1.45. The first-order valence-corrected chi connectivity index (χ1v) is 6.27. The molecule has 1 aliphatic rings. The predicted octanol–water partition coefficient (Wildman–Crippen LogP) is 2.53. The molecule has 0 bridgehead atoms. The molecule has 0 saturated heterocycles. The van der Waals surface area contributed by atoms with Gasteiger partial charge in [0, 0.05) is 16.2 Å². The van der Waals surface area contributed by atoms with Gasteiger partial charge in [0.15, 0.2) is 0 Å². The molecule has 1 aliphatic carbocycles. The van der Waals surface area contributed by atoms with Gasteiger partial charge >= 0.3 is 0 Å². The molecule has 3 nitrogen and oxygen atoms in total. The molecule has 4 heteroatoms. The van der Waals surface area contributed by atoms with Crippen LogP contribution in [-0.2, 0) is 4.79 Å². The topological polar surface area (TPSA) is 41.1 Å². The highest BCUT2D eigenvalue weighted by Crippen LogP contribution is 2.19. The van der Waals surface area contributed by atoms with Gasteiger partial charge in [-0.25, -0.2) is 0 Å². The van der Waals surface area contributed by atoms with Gasteiger partial charge in [-0.05, 0) is 38.0 Å². The zero-order valence-corrected chi connectivity index (χ0v) is 10.8. The lowest BCUT2D eigenvalue weighted by Gasteiger charge is -2.15. The van der Waals surface area contributed by atoms with Gasteiger partial charge < -0.3 is 10.6 Å². The minimum Gasteiger partial charge on any atom is -0.374 e. The van der Waals surface area contributed by atoms with Gasteiger partial charge in [-0.3, -0.25) is 4.79 Å². The summed E-state index contributed by atoms with van der Waals surface area (Å²) in [5.74, 6) is 0.0717. The first-order chi connectivity index (χ1) is 7.65. The van der Waals surface area contributed by atoms with Crippen molar-refractivity contribution >= 4 is 27.5 Å². The molecule has 0 spiro atoms. The SMILES string of the molecule is CC(Nc1cccc(Br)c1)C(=O)NC1CC1. The number of nitrogens with one attached hydrogen (secondary N) is 2. The third kappa shape index (κ3) is 3.23. The maximum atomic E-state index is 11.7. The summed E-state index contributed by atoms with van der Waals surface area (Å²) in [6.45, 7) is 1.87. The molecule has 1 atom stereocenters. The number of carbonyl (C=O) groups is 1. The second kappa shape index (κ2) is 4.87. The predicted molar refractivity (Wildman–Crippen MR) is 68.4 cm³/mol. The minimum absolute atomic E-state index is 0.0717. The van der Waals surface area contributed by atoms with Crippen molar-refractivity contribution in [3.63, 3.8) is 0 Å². The highest BCUT2D eigenvalue weighted by Gasteiger charge is 2.25. The Bertz CT molecular complexity index is 390. The van der Waals surface area contributed by atoms with Crippen LogP contribution in [0.25, 0.3) is 0 Å². The summed E-state index contributed by atoms with van der Waals surface area (Å²) in [5.41, 5.74) is 0.952. The Hall–Kier alpha value is -1.03. The second-order valence-corrected chi connectivity index (χ2v) is 5.07. The molecule has 1 aromatic carbocycles. The van der Waals surface area contributed by atoms with Crippen molar-refractivity contribution in [2.75, 3.05) is 5.32 Å². The maximum Gasteiger partial charge on any atom is 0.242 e. The van der Waals surface area contributed by atoms with Crippen molar-refractivity contribution in [2.24, 2.45) is 0 Å². The first-order valence-electron chi connectivity index (χ1n) is 5.47. The van der Waals surface area contributed by atoms with Gasteiger partial charge in [0.2, 0.25) is 5.91 Å². The normalized spacial score (nSPS) is 16.6. The van der Waals surface area contributed by atoms with Crippen molar-refractivity contribution < 1.29 is 4.79 Å². The van der Waals surface area contributed by atoms with Gasteiger partial charge in [-0.2, -0.15) is 0 Å². The summed E-state index contributed by atoms with van der Waals surface area (Å²) in [6.07, 6.45) is 2.24. The quantitative estimate of drug-likeness (QED) is 0.891. The highest BCUT2D eigenvalue weighted by molar-refractivity contribution is 9.10. The van der Waals surface area contributed by atoms with Crippen LogP contribution in [0.4, 0.5) is 5.69 Å². The smallest absolute Gasteiger partial charge is 0.242 e. The maximum absolute atomic E-state index is 11.7. The molecular formula is C12H15BrN2O. The zero-order valence-electron chi connectivity index (χ0n) is 9.16. The molecule has 0 aromatic heterocycles. The van der Waals surface area contributed by atoms with Gasteiger partial charge in [0.1, 0.15) is 6.04 Å². The van der Waals surface area contributed by atoms with Crippen LogP contribution < -0.4 is 10.6 Å². The third-order valence-corrected chi connectivity index (χ3v) is 3.02. The van der Waals surface area contributed by atoms with Crippen molar-refractivity contribution in [3.8, 4) is 0 Å². The standard InChI is InChI=1S/C12H15BrN2O/c1-8(12(16)15-10-5-6-10)14-11-4-2-3-9(13)7-11/h2-4,7-8,10,14H,5-6H2,1H3,(H,15,16). The van der Waals surface area contributed by atoms with Crippen molar-refractivity contribution in [3.05, 3.63) is 28.7 Å². The molecule has 1 fully saturated rings. The molecule has 1 aromatic rings. The number of hydrogen-bond acceptors (Lipinski definition) is 2. The summed E-state index contributed by atoms with van der Waals surface area (Å²) in [6, 6.07) is 8.03.